The number of rotatable bonds is 2. The molecule has 0 radical (unpaired) electrons. The number of benzene rings is 1. The molecule has 4 N–H and O–H groups in total. The third kappa shape index (κ3) is 2.37. The molecule has 1 rings (SSSR count). The van der Waals surface area contributed by atoms with Crippen LogP contribution in [0.2, 0.25) is 0 Å². The van der Waals surface area contributed by atoms with Crippen LogP contribution in [0.1, 0.15) is 10.4 Å². The topological polar surface area (TPSA) is 86.2 Å². The molecule has 72 valence electrons. The summed E-state index contributed by atoms with van der Waals surface area (Å²) < 4.78 is 11.4. The molecule has 0 aromatic heterocycles. The van der Waals surface area contributed by atoms with E-state index in [2.05, 4.69) is 0 Å². The average Bonchev–Trinajstić information content (AvgIpc) is 2.03. The van der Waals surface area contributed by atoms with Gasteiger partial charge in [-0.15, -0.1) is 0 Å². The van der Waals surface area contributed by atoms with Gasteiger partial charge in [0.1, 0.15) is 0 Å². The molecule has 0 fully saturated rings. The Morgan fingerprint density at radius 3 is 2.54 bits per heavy atom. The Morgan fingerprint density at radius 2 is 2.08 bits per heavy atom. The molecular weight excluding hydrogens is 188 g/mol. The number of primary amides is 1. The number of carbonyl (C=O) groups is 1. The summed E-state index contributed by atoms with van der Waals surface area (Å²) in [6.45, 7) is 0. The highest BCUT2D eigenvalue weighted by molar-refractivity contribution is 8.00. The summed E-state index contributed by atoms with van der Waals surface area (Å²) in [5.74, 6) is -0.546. The fourth-order valence-electron chi connectivity index (χ4n) is 0.935. The van der Waals surface area contributed by atoms with Crippen LogP contribution < -0.4 is 10.9 Å². The molecule has 0 unspecified atom stereocenters. The van der Waals surface area contributed by atoms with Crippen molar-refractivity contribution in [3.8, 4) is 0 Å². The molecule has 0 saturated carbocycles. The van der Waals surface area contributed by atoms with Crippen molar-refractivity contribution in [2.24, 2.45) is 10.9 Å². The standard InChI is InChI=1S/C8H12N2O2S/c1-13(10,12)7-4-2-3-6(5-7)8(9)11/h2-5,13H,1H3,(H2,9,11)(H2,10,12). The molecule has 0 aliphatic carbocycles. The molecule has 4 nitrogen and oxygen atoms in total. The monoisotopic (exact) mass is 200 g/mol. The van der Waals surface area contributed by atoms with E-state index in [1.54, 1.807) is 18.2 Å². The lowest BCUT2D eigenvalue weighted by Crippen LogP contribution is -2.21. The smallest absolute Gasteiger partial charge is 0.248 e. The van der Waals surface area contributed by atoms with E-state index in [0.29, 0.717) is 10.5 Å². The van der Waals surface area contributed by atoms with Crippen molar-refractivity contribution in [2.45, 2.75) is 4.90 Å². The van der Waals surface area contributed by atoms with Crippen LogP contribution in [0.5, 0.6) is 0 Å². The number of amides is 1. The Kier molecular flexibility index (Phi) is 2.49. The van der Waals surface area contributed by atoms with Gasteiger partial charge in [0.25, 0.3) is 0 Å². The highest BCUT2D eigenvalue weighted by Crippen LogP contribution is 2.12. The Balaban J connectivity index is 3.21. The van der Waals surface area contributed by atoms with E-state index in [1.165, 1.54) is 12.3 Å². The largest absolute Gasteiger partial charge is 0.366 e. The SMILES string of the molecule is C[SH](N)(=O)c1cccc(C(N)=O)c1. The number of carbonyl (C=O) groups excluding carboxylic acids is 1. The van der Waals surface area contributed by atoms with Crippen molar-refractivity contribution in [2.75, 3.05) is 6.26 Å². The van der Waals surface area contributed by atoms with Gasteiger partial charge in [0.15, 0.2) is 0 Å². The van der Waals surface area contributed by atoms with Crippen LogP contribution in [-0.4, -0.2) is 16.4 Å². The zero-order valence-corrected chi connectivity index (χ0v) is 8.12. The van der Waals surface area contributed by atoms with E-state index in [-0.39, 0.29) is 0 Å². The van der Waals surface area contributed by atoms with Gasteiger partial charge in [-0.05, 0) is 28.3 Å². The van der Waals surface area contributed by atoms with Gasteiger partial charge in [0.2, 0.25) is 5.91 Å². The molecule has 1 aromatic rings. The predicted molar refractivity (Wildman–Crippen MR) is 52.9 cm³/mol. The third-order valence-corrected chi connectivity index (χ3v) is 2.95. The quantitative estimate of drug-likeness (QED) is 0.571. The molecule has 0 bridgehead atoms. The molecule has 0 saturated heterocycles. The summed E-state index contributed by atoms with van der Waals surface area (Å²) in [5.41, 5.74) is 5.38. The number of hydrogen-bond acceptors (Lipinski definition) is 2. The Hall–Kier alpha value is -1.20. The molecule has 13 heavy (non-hydrogen) atoms. The van der Waals surface area contributed by atoms with Crippen LogP contribution in [0.3, 0.4) is 0 Å². The van der Waals surface area contributed by atoms with E-state index in [1.807, 2.05) is 0 Å². The molecular formula is C8H12N2O2S. The van der Waals surface area contributed by atoms with Crippen LogP contribution in [0.25, 0.3) is 0 Å². The molecule has 1 amide bonds. The van der Waals surface area contributed by atoms with E-state index < -0.39 is 16.0 Å². The lowest BCUT2D eigenvalue weighted by Gasteiger charge is -2.12. The summed E-state index contributed by atoms with van der Waals surface area (Å²) in [7, 11) is -2.79. The van der Waals surface area contributed by atoms with Crippen LogP contribution in [-0.2, 0) is 10.1 Å². The molecule has 0 atom stereocenters. The average molecular weight is 200 g/mol. The number of thiol groups is 1. The summed E-state index contributed by atoms with van der Waals surface area (Å²) in [4.78, 5) is 11.2. The van der Waals surface area contributed by atoms with E-state index in [0.717, 1.165) is 0 Å². The van der Waals surface area contributed by atoms with Crippen LogP contribution >= 0.6 is 0 Å². The lowest BCUT2D eigenvalue weighted by molar-refractivity contribution is 0.1000. The predicted octanol–water partition coefficient (Wildman–Crippen LogP) is -0.335. The van der Waals surface area contributed by atoms with E-state index in [9.17, 15) is 9.00 Å². The first-order valence-corrected chi connectivity index (χ1v) is 5.90. The number of nitrogens with two attached hydrogens (primary N) is 2. The second-order valence-corrected chi connectivity index (χ2v) is 5.40. The second kappa shape index (κ2) is 3.27. The van der Waals surface area contributed by atoms with Gasteiger partial charge in [0.05, 0.1) is 0 Å². The maximum absolute atomic E-state index is 11.4. The van der Waals surface area contributed by atoms with E-state index >= 15 is 0 Å². The highest BCUT2D eigenvalue weighted by atomic mass is 32.3. The van der Waals surface area contributed by atoms with Gasteiger partial charge in [-0.3, -0.25) is 14.1 Å². The first kappa shape index (κ1) is 9.88. The zero-order valence-electron chi connectivity index (χ0n) is 7.23. The highest BCUT2D eigenvalue weighted by Gasteiger charge is 2.07. The Labute approximate surface area is 77.5 Å². The maximum Gasteiger partial charge on any atom is 0.248 e. The first-order valence-electron chi connectivity index (χ1n) is 3.68. The van der Waals surface area contributed by atoms with Gasteiger partial charge in [-0.1, -0.05) is 6.07 Å². The summed E-state index contributed by atoms with van der Waals surface area (Å²) in [6, 6.07) is 6.25. The van der Waals surface area contributed by atoms with Crippen LogP contribution in [0.4, 0.5) is 0 Å². The van der Waals surface area contributed by atoms with Gasteiger partial charge < -0.3 is 5.73 Å². The van der Waals surface area contributed by atoms with Crippen molar-refractivity contribution in [3.63, 3.8) is 0 Å². The maximum atomic E-state index is 11.4. The van der Waals surface area contributed by atoms with E-state index in [4.69, 9.17) is 10.9 Å². The van der Waals surface area contributed by atoms with Crippen LogP contribution in [0, 0.1) is 0 Å². The fraction of sp³-hybridized carbons (Fsp3) is 0.125. The summed E-state index contributed by atoms with van der Waals surface area (Å²) >= 11 is 0. The summed E-state index contributed by atoms with van der Waals surface area (Å²) in [5, 5.41) is 5.43. The summed E-state index contributed by atoms with van der Waals surface area (Å²) in [6.07, 6.45) is 1.44. The van der Waals surface area contributed by atoms with Gasteiger partial charge in [0, 0.05) is 16.7 Å². The van der Waals surface area contributed by atoms with Gasteiger partial charge >= 0.3 is 0 Å². The van der Waals surface area contributed by atoms with Crippen molar-refractivity contribution in [1.82, 2.24) is 0 Å². The zero-order chi connectivity index (χ0) is 10.1. The molecule has 0 spiro atoms. The van der Waals surface area contributed by atoms with Crippen LogP contribution in [0.15, 0.2) is 29.2 Å². The first-order chi connectivity index (χ1) is 5.91. The molecule has 0 heterocycles. The molecule has 0 aliphatic heterocycles. The minimum Gasteiger partial charge on any atom is -0.366 e. The van der Waals surface area contributed by atoms with Gasteiger partial charge in [-0.25, -0.2) is 0 Å². The normalized spacial score (nSPS) is 12.5. The molecule has 5 heteroatoms. The molecule has 1 aromatic carbocycles. The minimum atomic E-state index is -2.79. The lowest BCUT2D eigenvalue weighted by atomic mass is 10.2. The Bertz CT molecular complexity index is 383. The fourth-order valence-corrected chi connectivity index (χ4v) is 1.71. The third-order valence-electron chi connectivity index (χ3n) is 1.64. The number of hydrogen-bond donors (Lipinski definition) is 3. The minimum absolute atomic E-state index is 0.324. The van der Waals surface area contributed by atoms with Crippen molar-refractivity contribution in [1.29, 1.82) is 0 Å². The Morgan fingerprint density at radius 1 is 1.46 bits per heavy atom. The second-order valence-electron chi connectivity index (χ2n) is 2.90. The van der Waals surface area contributed by atoms with Crippen molar-refractivity contribution < 1.29 is 9.00 Å². The van der Waals surface area contributed by atoms with Crippen molar-refractivity contribution in [3.05, 3.63) is 29.8 Å². The van der Waals surface area contributed by atoms with Crippen molar-refractivity contribution >= 4 is 16.0 Å². The van der Waals surface area contributed by atoms with Gasteiger partial charge in [-0.2, -0.15) is 0 Å². The molecule has 0 aliphatic rings.